The molecular formula is C30H28N4O4S2. The smallest absolute Gasteiger partial charge is 0.239 e. The van der Waals surface area contributed by atoms with Gasteiger partial charge in [0.15, 0.2) is 0 Å². The summed E-state index contributed by atoms with van der Waals surface area (Å²) in [6.45, 7) is 2.22. The summed E-state index contributed by atoms with van der Waals surface area (Å²) in [4.78, 5) is -0.535. The van der Waals surface area contributed by atoms with Gasteiger partial charge in [0.25, 0.3) is 0 Å². The van der Waals surface area contributed by atoms with E-state index in [4.69, 9.17) is 10.3 Å². The summed E-state index contributed by atoms with van der Waals surface area (Å²) in [6, 6.07) is 22.1. The van der Waals surface area contributed by atoms with E-state index >= 15 is 0 Å². The zero-order valence-electron chi connectivity index (χ0n) is 21.5. The van der Waals surface area contributed by atoms with Crippen LogP contribution in [0.15, 0.2) is 82.6 Å². The summed E-state index contributed by atoms with van der Waals surface area (Å²) in [5.41, 5.74) is 6.35. The molecule has 4 aromatic rings. The van der Waals surface area contributed by atoms with Crippen molar-refractivity contribution >= 4 is 32.2 Å². The maximum absolute atomic E-state index is 13.5. The van der Waals surface area contributed by atoms with Gasteiger partial charge in [-0.25, -0.2) is 27.1 Å². The largest absolute Gasteiger partial charge is 0.309 e. The average Bonchev–Trinajstić information content (AvgIpc) is 3.60. The molecule has 6 N–H and O–H groups in total. The predicted molar refractivity (Wildman–Crippen MR) is 157 cm³/mol. The number of primary sulfonamides is 2. The predicted octanol–water partition coefficient (Wildman–Crippen LogP) is 3.69. The zero-order chi connectivity index (χ0) is 28.1. The number of benzene rings is 4. The van der Waals surface area contributed by atoms with Gasteiger partial charge < -0.3 is 10.6 Å². The van der Waals surface area contributed by atoms with Crippen molar-refractivity contribution < 1.29 is 16.8 Å². The van der Waals surface area contributed by atoms with E-state index in [9.17, 15) is 16.8 Å². The van der Waals surface area contributed by atoms with Crippen LogP contribution in [0.2, 0.25) is 0 Å². The minimum atomic E-state index is -4.45. The van der Waals surface area contributed by atoms with Gasteiger partial charge in [0.05, 0.1) is 9.79 Å². The van der Waals surface area contributed by atoms with Crippen LogP contribution in [0.25, 0.3) is 34.4 Å². The molecule has 0 saturated carbocycles. The molecule has 2 heterocycles. The third kappa shape index (κ3) is 4.79. The molecule has 0 unspecified atom stereocenters. The lowest BCUT2D eigenvalue weighted by molar-refractivity contribution is 0.596. The Labute approximate surface area is 233 Å². The van der Waals surface area contributed by atoms with Crippen molar-refractivity contribution in [1.29, 1.82) is 0 Å². The second kappa shape index (κ2) is 10.1. The standard InChI is InChI=1S/C30H28N4O4S2/c31-39(35,36)29-20(13-12-19-6-2-1-3-7-19)14-25(23-10-4-8-21-15-33-17-26(21)23)30(40(32,37)38)28(29)24-11-5-9-22-16-34-18-27(22)24/h1-14,33-34H,15-18H2,(H2,31,35,36)(H2,32,37,38). The summed E-state index contributed by atoms with van der Waals surface area (Å²) in [7, 11) is -8.88. The van der Waals surface area contributed by atoms with Gasteiger partial charge in [-0.1, -0.05) is 78.9 Å². The number of hydrogen-bond acceptors (Lipinski definition) is 6. The molecule has 40 heavy (non-hydrogen) atoms. The maximum atomic E-state index is 13.5. The highest BCUT2D eigenvalue weighted by atomic mass is 32.2. The third-order valence-electron chi connectivity index (χ3n) is 7.42. The number of sulfonamides is 2. The highest BCUT2D eigenvalue weighted by Crippen LogP contribution is 2.45. The Hall–Kier alpha value is -3.64. The van der Waals surface area contributed by atoms with Crippen molar-refractivity contribution in [3.8, 4) is 22.3 Å². The average molecular weight is 573 g/mol. The highest BCUT2D eigenvalue weighted by molar-refractivity contribution is 7.90. The summed E-state index contributed by atoms with van der Waals surface area (Å²) in [6.07, 6.45) is 3.44. The molecule has 0 saturated heterocycles. The third-order valence-corrected chi connectivity index (χ3v) is 9.43. The van der Waals surface area contributed by atoms with Crippen LogP contribution in [0.5, 0.6) is 0 Å². The normalized spacial score (nSPS) is 14.9. The Morgan fingerprint density at radius 3 is 1.77 bits per heavy atom. The Morgan fingerprint density at radius 1 is 0.600 bits per heavy atom. The molecule has 8 nitrogen and oxygen atoms in total. The molecule has 0 aromatic heterocycles. The SMILES string of the molecule is NS(=O)(=O)c1c(C=Cc2ccccc2)cc(-c2cccc3c2CNC3)c(S(N)(=O)=O)c1-c1cccc2c1CNC2. The van der Waals surface area contributed by atoms with Crippen molar-refractivity contribution in [2.45, 2.75) is 36.0 Å². The van der Waals surface area contributed by atoms with E-state index in [1.54, 1.807) is 30.4 Å². The first-order chi connectivity index (χ1) is 19.1. The van der Waals surface area contributed by atoms with Crippen LogP contribution in [0, 0.1) is 0 Å². The number of fused-ring (bicyclic) bond motifs is 2. The molecular weight excluding hydrogens is 544 g/mol. The van der Waals surface area contributed by atoms with E-state index in [1.807, 2.05) is 54.6 Å². The monoisotopic (exact) mass is 572 g/mol. The van der Waals surface area contributed by atoms with Crippen LogP contribution in [0.1, 0.15) is 33.4 Å². The Balaban J connectivity index is 1.79. The fourth-order valence-corrected chi connectivity index (χ4v) is 7.73. The molecule has 2 aliphatic heterocycles. The minimum Gasteiger partial charge on any atom is -0.309 e. The Kier molecular flexibility index (Phi) is 6.70. The fraction of sp³-hybridized carbons (Fsp3) is 0.133. The molecule has 0 atom stereocenters. The van der Waals surface area contributed by atoms with Crippen LogP contribution in [0.4, 0.5) is 0 Å². The second-order valence-corrected chi connectivity index (χ2v) is 13.0. The molecule has 0 amide bonds. The molecule has 0 bridgehead atoms. The molecule has 0 aliphatic carbocycles. The summed E-state index contributed by atoms with van der Waals surface area (Å²) < 4.78 is 53.7. The lowest BCUT2D eigenvalue weighted by Gasteiger charge is -2.22. The highest BCUT2D eigenvalue weighted by Gasteiger charge is 2.33. The number of nitrogens with one attached hydrogen (secondary N) is 2. The topological polar surface area (TPSA) is 144 Å². The van der Waals surface area contributed by atoms with Gasteiger partial charge >= 0.3 is 0 Å². The van der Waals surface area contributed by atoms with E-state index in [2.05, 4.69) is 10.6 Å². The number of nitrogens with two attached hydrogens (primary N) is 2. The van der Waals surface area contributed by atoms with Gasteiger partial charge in [0, 0.05) is 37.3 Å². The van der Waals surface area contributed by atoms with E-state index in [0.717, 1.165) is 27.8 Å². The first kappa shape index (κ1) is 26.6. The molecule has 0 fully saturated rings. The van der Waals surface area contributed by atoms with E-state index < -0.39 is 20.0 Å². The van der Waals surface area contributed by atoms with Crippen molar-refractivity contribution in [3.05, 3.63) is 106 Å². The zero-order valence-corrected chi connectivity index (χ0v) is 23.1. The molecule has 204 valence electrons. The van der Waals surface area contributed by atoms with Gasteiger partial charge in [0.2, 0.25) is 20.0 Å². The first-order valence-corrected chi connectivity index (χ1v) is 15.9. The second-order valence-electron chi connectivity index (χ2n) is 9.97. The molecule has 0 spiro atoms. The van der Waals surface area contributed by atoms with Crippen molar-refractivity contribution in [2.75, 3.05) is 0 Å². The van der Waals surface area contributed by atoms with Crippen LogP contribution < -0.4 is 20.9 Å². The molecule has 6 rings (SSSR count). The molecule has 0 radical (unpaired) electrons. The van der Waals surface area contributed by atoms with E-state index in [-0.39, 0.29) is 20.9 Å². The summed E-state index contributed by atoms with van der Waals surface area (Å²) in [5, 5.41) is 18.4. The van der Waals surface area contributed by atoms with E-state index in [0.29, 0.717) is 42.9 Å². The van der Waals surface area contributed by atoms with Crippen LogP contribution >= 0.6 is 0 Å². The molecule has 10 heteroatoms. The molecule has 4 aromatic carbocycles. The van der Waals surface area contributed by atoms with Crippen LogP contribution in [-0.2, 0) is 46.2 Å². The van der Waals surface area contributed by atoms with Gasteiger partial charge in [-0.05, 0) is 50.6 Å². The first-order valence-electron chi connectivity index (χ1n) is 12.8. The van der Waals surface area contributed by atoms with Crippen molar-refractivity contribution in [2.24, 2.45) is 10.3 Å². The van der Waals surface area contributed by atoms with Crippen molar-refractivity contribution in [1.82, 2.24) is 10.6 Å². The summed E-state index contributed by atoms with van der Waals surface area (Å²) >= 11 is 0. The lowest BCUT2D eigenvalue weighted by Crippen LogP contribution is -2.21. The number of rotatable bonds is 6. The minimum absolute atomic E-state index is 0.000629. The number of hydrogen-bond donors (Lipinski definition) is 4. The Morgan fingerprint density at radius 2 is 1.18 bits per heavy atom. The van der Waals surface area contributed by atoms with Crippen molar-refractivity contribution in [3.63, 3.8) is 0 Å². The quantitative estimate of drug-likeness (QED) is 0.260. The van der Waals surface area contributed by atoms with Gasteiger partial charge in [-0.2, -0.15) is 0 Å². The fourth-order valence-electron chi connectivity index (χ4n) is 5.74. The van der Waals surface area contributed by atoms with E-state index in [1.165, 1.54) is 0 Å². The van der Waals surface area contributed by atoms with Gasteiger partial charge in [-0.3, -0.25) is 0 Å². The van der Waals surface area contributed by atoms with Crippen LogP contribution in [0.3, 0.4) is 0 Å². The molecule has 2 aliphatic rings. The maximum Gasteiger partial charge on any atom is 0.239 e. The van der Waals surface area contributed by atoms with Gasteiger partial charge in [-0.15, -0.1) is 0 Å². The lowest BCUT2D eigenvalue weighted by atomic mass is 9.89. The van der Waals surface area contributed by atoms with Crippen LogP contribution in [-0.4, -0.2) is 16.8 Å². The van der Waals surface area contributed by atoms with Gasteiger partial charge in [0.1, 0.15) is 0 Å². The summed E-state index contributed by atoms with van der Waals surface area (Å²) in [5.74, 6) is 0. The Bertz CT molecular complexity index is 1900.